The number of carboxylic acids is 1. The first-order valence-corrected chi connectivity index (χ1v) is 5.43. The van der Waals surface area contributed by atoms with Gasteiger partial charge in [-0.1, -0.05) is 23.7 Å². The van der Waals surface area contributed by atoms with Crippen molar-refractivity contribution >= 4 is 23.6 Å². The van der Waals surface area contributed by atoms with Gasteiger partial charge in [0.1, 0.15) is 0 Å². The van der Waals surface area contributed by atoms with E-state index >= 15 is 0 Å². The monoisotopic (exact) mass is 256 g/mol. The molecule has 2 amide bonds. The molecule has 1 aromatic rings. The van der Waals surface area contributed by atoms with Gasteiger partial charge in [-0.3, -0.25) is 4.79 Å². The summed E-state index contributed by atoms with van der Waals surface area (Å²) >= 11 is 5.79. The Labute approximate surface area is 104 Å². The van der Waals surface area contributed by atoms with Crippen LogP contribution in [-0.2, 0) is 11.3 Å². The Morgan fingerprint density at radius 1 is 1.29 bits per heavy atom. The zero-order chi connectivity index (χ0) is 12.7. The molecule has 0 aromatic heterocycles. The largest absolute Gasteiger partial charge is 0.481 e. The number of carbonyl (C=O) groups excluding carboxylic acids is 1. The molecule has 0 unspecified atom stereocenters. The predicted molar refractivity (Wildman–Crippen MR) is 63.9 cm³/mol. The summed E-state index contributed by atoms with van der Waals surface area (Å²) in [5.74, 6) is -0.944. The van der Waals surface area contributed by atoms with Gasteiger partial charge in [-0.25, -0.2) is 4.79 Å². The summed E-state index contributed by atoms with van der Waals surface area (Å²) in [5.41, 5.74) is 0.880. The molecule has 0 saturated carbocycles. The van der Waals surface area contributed by atoms with E-state index in [0.29, 0.717) is 11.6 Å². The van der Waals surface area contributed by atoms with Crippen molar-refractivity contribution in [3.8, 4) is 0 Å². The van der Waals surface area contributed by atoms with E-state index < -0.39 is 12.0 Å². The molecule has 5 nitrogen and oxygen atoms in total. The molecular weight excluding hydrogens is 244 g/mol. The van der Waals surface area contributed by atoms with Gasteiger partial charge in [0, 0.05) is 18.1 Å². The van der Waals surface area contributed by atoms with Gasteiger partial charge in [-0.05, 0) is 17.7 Å². The standard InChI is InChI=1S/C11H13ClN2O3/c12-9-3-1-2-8(6-9)7-14-11(17)13-5-4-10(15)16/h1-3,6H,4-5,7H2,(H,15,16)(H2,13,14,17). The van der Waals surface area contributed by atoms with Gasteiger partial charge in [0.25, 0.3) is 0 Å². The van der Waals surface area contributed by atoms with E-state index in [-0.39, 0.29) is 13.0 Å². The lowest BCUT2D eigenvalue weighted by Gasteiger charge is -2.06. The molecule has 17 heavy (non-hydrogen) atoms. The van der Waals surface area contributed by atoms with Crippen LogP contribution in [0.5, 0.6) is 0 Å². The Morgan fingerprint density at radius 3 is 2.71 bits per heavy atom. The first kappa shape index (κ1) is 13.3. The fraction of sp³-hybridized carbons (Fsp3) is 0.273. The Balaban J connectivity index is 2.26. The molecule has 0 heterocycles. The number of carbonyl (C=O) groups is 2. The van der Waals surface area contributed by atoms with Gasteiger partial charge < -0.3 is 15.7 Å². The molecule has 0 aliphatic carbocycles. The minimum Gasteiger partial charge on any atom is -0.481 e. The van der Waals surface area contributed by atoms with Crippen molar-refractivity contribution in [2.75, 3.05) is 6.54 Å². The second kappa shape index (κ2) is 6.75. The molecule has 92 valence electrons. The normalized spacial score (nSPS) is 9.71. The molecule has 0 saturated heterocycles. The molecule has 0 spiro atoms. The van der Waals surface area contributed by atoms with Crippen molar-refractivity contribution in [1.29, 1.82) is 0 Å². The fourth-order valence-corrected chi connectivity index (χ4v) is 1.39. The van der Waals surface area contributed by atoms with Crippen LogP contribution in [0.2, 0.25) is 5.02 Å². The average Bonchev–Trinajstić information content (AvgIpc) is 2.26. The molecule has 0 aliphatic rings. The summed E-state index contributed by atoms with van der Waals surface area (Å²) in [6.07, 6.45) is -0.0927. The first-order chi connectivity index (χ1) is 8.08. The van der Waals surface area contributed by atoms with Gasteiger partial charge in [0.15, 0.2) is 0 Å². The van der Waals surface area contributed by atoms with E-state index in [1.54, 1.807) is 18.2 Å². The Hall–Kier alpha value is -1.75. The number of aliphatic carboxylic acids is 1. The van der Waals surface area contributed by atoms with Crippen LogP contribution in [0.3, 0.4) is 0 Å². The number of halogens is 1. The lowest BCUT2D eigenvalue weighted by Crippen LogP contribution is -2.36. The second-order valence-electron chi connectivity index (χ2n) is 3.38. The Bertz CT molecular complexity index is 409. The van der Waals surface area contributed by atoms with Crippen LogP contribution in [0.1, 0.15) is 12.0 Å². The predicted octanol–water partition coefficient (Wildman–Crippen LogP) is 1.61. The molecule has 6 heteroatoms. The highest BCUT2D eigenvalue weighted by Crippen LogP contribution is 2.09. The molecule has 0 fully saturated rings. The molecule has 3 N–H and O–H groups in total. The number of nitrogens with one attached hydrogen (secondary N) is 2. The van der Waals surface area contributed by atoms with E-state index in [9.17, 15) is 9.59 Å². The Morgan fingerprint density at radius 2 is 2.06 bits per heavy atom. The lowest BCUT2D eigenvalue weighted by molar-refractivity contribution is -0.136. The Kier molecular flexibility index (Phi) is 5.29. The third-order valence-electron chi connectivity index (χ3n) is 1.97. The average molecular weight is 257 g/mol. The van der Waals surface area contributed by atoms with E-state index in [0.717, 1.165) is 5.56 Å². The molecule has 0 aliphatic heterocycles. The first-order valence-electron chi connectivity index (χ1n) is 5.06. The number of amides is 2. The van der Waals surface area contributed by atoms with Crippen molar-refractivity contribution in [2.45, 2.75) is 13.0 Å². The highest BCUT2D eigenvalue weighted by molar-refractivity contribution is 6.30. The number of carboxylic acid groups (broad SMARTS) is 1. The quantitative estimate of drug-likeness (QED) is 0.749. The summed E-state index contributed by atoms with van der Waals surface area (Å²) in [6, 6.07) is 6.73. The van der Waals surface area contributed by atoms with E-state index in [4.69, 9.17) is 16.7 Å². The van der Waals surface area contributed by atoms with Crippen LogP contribution < -0.4 is 10.6 Å². The minimum absolute atomic E-state index is 0.0927. The van der Waals surface area contributed by atoms with Crippen LogP contribution in [0.4, 0.5) is 4.79 Å². The van der Waals surface area contributed by atoms with E-state index in [2.05, 4.69) is 10.6 Å². The van der Waals surface area contributed by atoms with Gasteiger partial charge in [0.2, 0.25) is 0 Å². The van der Waals surface area contributed by atoms with Crippen LogP contribution in [-0.4, -0.2) is 23.7 Å². The molecule has 0 atom stereocenters. The summed E-state index contributed by atoms with van der Waals surface area (Å²) in [5, 5.41) is 14.0. The fourth-order valence-electron chi connectivity index (χ4n) is 1.17. The van der Waals surface area contributed by atoms with E-state index in [1.165, 1.54) is 0 Å². The number of hydrogen-bond donors (Lipinski definition) is 3. The number of benzene rings is 1. The molecule has 1 aromatic carbocycles. The summed E-state index contributed by atoms with van der Waals surface area (Å²) in [4.78, 5) is 21.4. The zero-order valence-corrected chi connectivity index (χ0v) is 9.83. The minimum atomic E-state index is -0.944. The smallest absolute Gasteiger partial charge is 0.315 e. The van der Waals surface area contributed by atoms with Gasteiger partial charge in [-0.2, -0.15) is 0 Å². The number of hydrogen-bond acceptors (Lipinski definition) is 2. The summed E-state index contributed by atoms with van der Waals surface area (Å²) in [6.45, 7) is 0.455. The highest BCUT2D eigenvalue weighted by Gasteiger charge is 2.02. The van der Waals surface area contributed by atoms with Gasteiger partial charge in [-0.15, -0.1) is 0 Å². The van der Waals surface area contributed by atoms with Crippen molar-refractivity contribution in [3.05, 3.63) is 34.9 Å². The van der Waals surface area contributed by atoms with Crippen molar-refractivity contribution < 1.29 is 14.7 Å². The maximum atomic E-state index is 11.2. The van der Waals surface area contributed by atoms with Crippen molar-refractivity contribution in [3.63, 3.8) is 0 Å². The van der Waals surface area contributed by atoms with Crippen molar-refractivity contribution in [2.24, 2.45) is 0 Å². The maximum absolute atomic E-state index is 11.2. The number of rotatable bonds is 5. The summed E-state index contributed by atoms with van der Waals surface area (Å²) in [7, 11) is 0. The topological polar surface area (TPSA) is 78.4 Å². The molecule has 0 radical (unpaired) electrons. The van der Waals surface area contributed by atoms with Crippen LogP contribution in [0.25, 0.3) is 0 Å². The van der Waals surface area contributed by atoms with E-state index in [1.807, 2.05) is 6.07 Å². The third kappa shape index (κ3) is 5.77. The third-order valence-corrected chi connectivity index (χ3v) is 2.20. The maximum Gasteiger partial charge on any atom is 0.315 e. The van der Waals surface area contributed by atoms with Crippen LogP contribution >= 0.6 is 11.6 Å². The lowest BCUT2D eigenvalue weighted by atomic mass is 10.2. The SMILES string of the molecule is O=C(O)CCNC(=O)NCc1cccc(Cl)c1. The molecular formula is C11H13ClN2O3. The van der Waals surface area contributed by atoms with Gasteiger partial charge >= 0.3 is 12.0 Å². The van der Waals surface area contributed by atoms with Crippen LogP contribution in [0, 0.1) is 0 Å². The van der Waals surface area contributed by atoms with Crippen molar-refractivity contribution in [1.82, 2.24) is 10.6 Å². The number of urea groups is 1. The van der Waals surface area contributed by atoms with Crippen LogP contribution in [0.15, 0.2) is 24.3 Å². The molecule has 1 rings (SSSR count). The van der Waals surface area contributed by atoms with Gasteiger partial charge in [0.05, 0.1) is 6.42 Å². The zero-order valence-electron chi connectivity index (χ0n) is 9.07. The highest BCUT2D eigenvalue weighted by atomic mass is 35.5. The summed E-state index contributed by atoms with van der Waals surface area (Å²) < 4.78 is 0. The second-order valence-corrected chi connectivity index (χ2v) is 3.82. The molecule has 0 bridgehead atoms.